The van der Waals surface area contributed by atoms with Gasteiger partial charge in [0.25, 0.3) is 11.8 Å². The SMILES string of the molecule is CCOC(=O)Oc1ccc(C(=O)NCc2ccc(NC(=O)c3cc(OC)c(OC)c(OC)c3)cc2)cc1. The second-order valence-corrected chi connectivity index (χ2v) is 7.56. The van der Waals surface area contributed by atoms with E-state index in [1.807, 2.05) is 0 Å². The normalized spacial score (nSPS) is 10.2. The Morgan fingerprint density at radius 1 is 0.757 bits per heavy atom. The van der Waals surface area contributed by atoms with Gasteiger partial charge in [0.2, 0.25) is 5.75 Å². The number of hydrogen-bond acceptors (Lipinski definition) is 8. The number of hydrogen-bond donors (Lipinski definition) is 2. The van der Waals surface area contributed by atoms with Crippen LogP contribution < -0.4 is 29.6 Å². The highest BCUT2D eigenvalue weighted by atomic mass is 16.7. The molecule has 0 fully saturated rings. The number of nitrogens with one attached hydrogen (secondary N) is 2. The molecule has 0 bridgehead atoms. The van der Waals surface area contributed by atoms with E-state index in [9.17, 15) is 14.4 Å². The minimum absolute atomic E-state index is 0.208. The van der Waals surface area contributed by atoms with Crippen molar-refractivity contribution in [2.24, 2.45) is 0 Å². The van der Waals surface area contributed by atoms with E-state index in [2.05, 4.69) is 10.6 Å². The van der Waals surface area contributed by atoms with Gasteiger partial charge in [0.1, 0.15) is 5.75 Å². The fourth-order valence-electron chi connectivity index (χ4n) is 3.32. The largest absolute Gasteiger partial charge is 0.513 e. The minimum atomic E-state index is -0.803. The molecule has 3 aromatic rings. The molecule has 194 valence electrons. The van der Waals surface area contributed by atoms with Gasteiger partial charge in [-0.1, -0.05) is 12.1 Å². The van der Waals surface area contributed by atoms with Crippen LogP contribution in [-0.2, 0) is 11.3 Å². The van der Waals surface area contributed by atoms with Gasteiger partial charge in [0.15, 0.2) is 11.5 Å². The topological polar surface area (TPSA) is 121 Å². The summed E-state index contributed by atoms with van der Waals surface area (Å²) in [5.41, 5.74) is 2.15. The second-order valence-electron chi connectivity index (χ2n) is 7.56. The van der Waals surface area contributed by atoms with E-state index in [1.165, 1.54) is 33.5 Å². The van der Waals surface area contributed by atoms with Crippen molar-refractivity contribution in [3.8, 4) is 23.0 Å². The summed E-state index contributed by atoms with van der Waals surface area (Å²) in [5, 5.41) is 5.64. The standard InChI is InChI=1S/C27H28N2O8/c1-5-36-27(32)37-21-12-8-18(9-13-21)25(30)28-16-17-6-10-20(11-7-17)29-26(31)19-14-22(33-2)24(35-4)23(15-19)34-3/h6-15H,5,16H2,1-4H3,(H,28,30)(H,29,31). The summed E-state index contributed by atoms with van der Waals surface area (Å²) in [7, 11) is 4.45. The Bertz CT molecular complexity index is 1220. The van der Waals surface area contributed by atoms with Crippen LogP contribution in [0.5, 0.6) is 23.0 Å². The number of methoxy groups -OCH3 is 3. The molecule has 2 N–H and O–H groups in total. The number of carbonyl (C=O) groups is 3. The van der Waals surface area contributed by atoms with Gasteiger partial charge in [-0.3, -0.25) is 9.59 Å². The predicted octanol–water partition coefficient (Wildman–Crippen LogP) is 4.43. The summed E-state index contributed by atoms with van der Waals surface area (Å²) in [6.07, 6.45) is -0.803. The smallest absolute Gasteiger partial charge is 0.493 e. The first-order valence-corrected chi connectivity index (χ1v) is 11.3. The number of carbonyl (C=O) groups excluding carboxylic acids is 3. The molecule has 0 atom stereocenters. The zero-order valence-corrected chi connectivity index (χ0v) is 21.0. The zero-order chi connectivity index (χ0) is 26.8. The summed E-state index contributed by atoms with van der Waals surface area (Å²) in [5.74, 6) is 0.782. The Kier molecular flexibility index (Phi) is 9.31. The molecule has 10 nitrogen and oxygen atoms in total. The van der Waals surface area contributed by atoms with Crippen molar-refractivity contribution in [3.63, 3.8) is 0 Å². The maximum Gasteiger partial charge on any atom is 0.513 e. The molecule has 2 amide bonds. The number of anilines is 1. The van der Waals surface area contributed by atoms with Crippen molar-refractivity contribution in [3.05, 3.63) is 77.4 Å². The van der Waals surface area contributed by atoms with E-state index in [0.29, 0.717) is 34.1 Å². The Hall–Kier alpha value is -4.73. The first-order valence-electron chi connectivity index (χ1n) is 11.3. The predicted molar refractivity (Wildman–Crippen MR) is 136 cm³/mol. The van der Waals surface area contributed by atoms with E-state index < -0.39 is 6.16 Å². The first-order chi connectivity index (χ1) is 17.9. The molecule has 0 aliphatic carbocycles. The summed E-state index contributed by atoms with van der Waals surface area (Å²) >= 11 is 0. The van der Waals surface area contributed by atoms with Crippen LogP contribution >= 0.6 is 0 Å². The number of ether oxygens (including phenoxy) is 5. The van der Waals surface area contributed by atoms with E-state index in [4.69, 9.17) is 23.7 Å². The van der Waals surface area contributed by atoms with E-state index >= 15 is 0 Å². The molecule has 10 heteroatoms. The molecule has 0 heterocycles. The summed E-state index contributed by atoms with van der Waals surface area (Å²) < 4.78 is 25.6. The molecule has 37 heavy (non-hydrogen) atoms. The van der Waals surface area contributed by atoms with Gasteiger partial charge in [-0.2, -0.15) is 0 Å². The molecule has 3 rings (SSSR count). The lowest BCUT2D eigenvalue weighted by atomic mass is 10.1. The minimum Gasteiger partial charge on any atom is -0.493 e. The maximum atomic E-state index is 12.8. The highest BCUT2D eigenvalue weighted by molar-refractivity contribution is 6.05. The van der Waals surface area contributed by atoms with Crippen molar-refractivity contribution in [1.82, 2.24) is 5.32 Å². The first kappa shape index (κ1) is 26.9. The fraction of sp³-hybridized carbons (Fsp3) is 0.222. The van der Waals surface area contributed by atoms with E-state index in [-0.39, 0.29) is 30.7 Å². The Morgan fingerprint density at radius 3 is 1.92 bits per heavy atom. The lowest BCUT2D eigenvalue weighted by Gasteiger charge is -2.14. The zero-order valence-electron chi connectivity index (χ0n) is 21.0. The lowest BCUT2D eigenvalue weighted by molar-refractivity contribution is 0.0950. The monoisotopic (exact) mass is 508 g/mol. The molecule has 0 saturated heterocycles. The summed E-state index contributed by atoms with van der Waals surface area (Å²) in [4.78, 5) is 36.6. The van der Waals surface area contributed by atoms with Gasteiger partial charge in [0.05, 0.1) is 27.9 Å². The van der Waals surface area contributed by atoms with Gasteiger partial charge in [-0.05, 0) is 61.0 Å². The quantitative estimate of drug-likeness (QED) is 0.305. The van der Waals surface area contributed by atoms with Gasteiger partial charge in [0, 0.05) is 23.4 Å². The molecule has 0 unspecified atom stereocenters. The summed E-state index contributed by atoms with van der Waals surface area (Å²) in [6, 6.07) is 16.3. The van der Waals surface area contributed by atoms with Crippen molar-refractivity contribution >= 4 is 23.7 Å². The van der Waals surface area contributed by atoms with Crippen LogP contribution in [0.1, 0.15) is 33.2 Å². The van der Waals surface area contributed by atoms with Crippen LogP contribution in [0.25, 0.3) is 0 Å². The Labute approximate surface area is 214 Å². The third-order valence-corrected chi connectivity index (χ3v) is 5.17. The highest BCUT2D eigenvalue weighted by Crippen LogP contribution is 2.38. The molecule has 0 spiro atoms. The van der Waals surface area contributed by atoms with Crippen LogP contribution in [0.15, 0.2) is 60.7 Å². The van der Waals surface area contributed by atoms with Crippen molar-refractivity contribution < 1.29 is 38.1 Å². The number of rotatable bonds is 10. The van der Waals surface area contributed by atoms with Crippen LogP contribution in [0.2, 0.25) is 0 Å². The molecule has 0 aliphatic heterocycles. The molecular formula is C27H28N2O8. The van der Waals surface area contributed by atoms with E-state index in [1.54, 1.807) is 55.5 Å². The molecule has 0 aromatic heterocycles. The van der Waals surface area contributed by atoms with Crippen molar-refractivity contribution in [2.45, 2.75) is 13.5 Å². The average Bonchev–Trinajstić information content (AvgIpc) is 2.92. The third kappa shape index (κ3) is 7.14. The molecule has 0 saturated carbocycles. The van der Waals surface area contributed by atoms with Gasteiger partial charge < -0.3 is 34.3 Å². The van der Waals surface area contributed by atoms with E-state index in [0.717, 1.165) is 5.56 Å². The Morgan fingerprint density at radius 2 is 1.38 bits per heavy atom. The van der Waals surface area contributed by atoms with Gasteiger partial charge in [-0.25, -0.2) is 4.79 Å². The molecule has 0 aliphatic rings. The lowest BCUT2D eigenvalue weighted by Crippen LogP contribution is -2.22. The van der Waals surface area contributed by atoms with Crippen LogP contribution in [-0.4, -0.2) is 45.9 Å². The van der Waals surface area contributed by atoms with Gasteiger partial charge >= 0.3 is 6.16 Å². The average molecular weight is 509 g/mol. The van der Waals surface area contributed by atoms with Crippen LogP contribution in [0.3, 0.4) is 0 Å². The second kappa shape index (κ2) is 12.8. The summed E-state index contributed by atoms with van der Waals surface area (Å²) in [6.45, 7) is 2.16. The van der Waals surface area contributed by atoms with Crippen molar-refractivity contribution in [1.29, 1.82) is 0 Å². The highest BCUT2D eigenvalue weighted by Gasteiger charge is 2.17. The molecule has 0 radical (unpaired) electrons. The number of amides is 2. The van der Waals surface area contributed by atoms with Crippen molar-refractivity contribution in [2.75, 3.05) is 33.3 Å². The molecular weight excluding hydrogens is 480 g/mol. The maximum absolute atomic E-state index is 12.8. The fourth-order valence-corrected chi connectivity index (χ4v) is 3.32. The van der Waals surface area contributed by atoms with Gasteiger partial charge in [-0.15, -0.1) is 0 Å². The Balaban J connectivity index is 1.57. The van der Waals surface area contributed by atoms with Crippen LogP contribution in [0.4, 0.5) is 10.5 Å². The number of benzene rings is 3. The third-order valence-electron chi connectivity index (χ3n) is 5.17. The van der Waals surface area contributed by atoms with Crippen LogP contribution in [0, 0.1) is 0 Å². The molecule has 3 aromatic carbocycles.